The van der Waals surface area contributed by atoms with Gasteiger partial charge in [-0.25, -0.2) is 0 Å². The van der Waals surface area contributed by atoms with E-state index in [9.17, 15) is 0 Å². The molecule has 1 unspecified atom stereocenters. The van der Waals surface area contributed by atoms with E-state index in [0.717, 1.165) is 23.2 Å². The molecule has 0 saturated carbocycles. The van der Waals surface area contributed by atoms with E-state index < -0.39 is 0 Å². The number of fused-ring (bicyclic) bond motifs is 1. The second-order valence-corrected chi connectivity index (χ2v) is 5.85. The molecule has 106 valence electrons. The van der Waals surface area contributed by atoms with Crippen molar-refractivity contribution in [2.75, 3.05) is 18.5 Å². The number of halogens is 1. The van der Waals surface area contributed by atoms with Crippen LogP contribution in [0.25, 0.3) is 0 Å². The predicted octanol–water partition coefficient (Wildman–Crippen LogP) is 4.05. The van der Waals surface area contributed by atoms with Crippen molar-refractivity contribution < 1.29 is 4.74 Å². The molecule has 1 aliphatic rings. The molecule has 0 aliphatic carbocycles. The number of hydrogen-bond donors (Lipinski definition) is 1. The van der Waals surface area contributed by atoms with Gasteiger partial charge in [0, 0.05) is 16.7 Å². The topological polar surface area (TPSA) is 45.0 Å². The Bertz CT molecular complexity index is 693. The molecule has 1 N–H and O–H groups in total. The standard InChI is InChI=1S/C17H15BrN2O/c18-15-9-12(10-19)5-6-16(15)20-11-17-14-4-2-1-3-13(14)7-8-21-17/h1-6,9,17,20H,7-8,11H2. The lowest BCUT2D eigenvalue weighted by Gasteiger charge is -2.26. The molecular weight excluding hydrogens is 328 g/mol. The number of ether oxygens (including phenoxy) is 1. The molecule has 3 nitrogen and oxygen atoms in total. The third-order valence-corrected chi connectivity index (χ3v) is 4.32. The van der Waals surface area contributed by atoms with E-state index in [0.29, 0.717) is 12.1 Å². The van der Waals surface area contributed by atoms with Crippen LogP contribution in [0.15, 0.2) is 46.9 Å². The first-order valence-corrected chi connectivity index (χ1v) is 7.70. The minimum absolute atomic E-state index is 0.0671. The quantitative estimate of drug-likeness (QED) is 0.915. The molecule has 4 heteroatoms. The molecular formula is C17H15BrN2O. The predicted molar refractivity (Wildman–Crippen MR) is 86.2 cm³/mol. The number of nitrogens with zero attached hydrogens (tertiary/aromatic N) is 1. The highest BCUT2D eigenvalue weighted by atomic mass is 79.9. The van der Waals surface area contributed by atoms with Gasteiger partial charge in [-0.1, -0.05) is 24.3 Å². The Hall–Kier alpha value is -1.83. The van der Waals surface area contributed by atoms with Gasteiger partial charge in [0.1, 0.15) is 0 Å². The molecule has 0 fully saturated rings. The van der Waals surface area contributed by atoms with Gasteiger partial charge in [-0.3, -0.25) is 0 Å². The summed E-state index contributed by atoms with van der Waals surface area (Å²) >= 11 is 3.49. The van der Waals surface area contributed by atoms with Crippen molar-refractivity contribution in [2.45, 2.75) is 12.5 Å². The van der Waals surface area contributed by atoms with Crippen LogP contribution in [0, 0.1) is 11.3 Å². The third-order valence-electron chi connectivity index (χ3n) is 3.67. The van der Waals surface area contributed by atoms with Gasteiger partial charge in [0.05, 0.1) is 24.3 Å². The van der Waals surface area contributed by atoms with Gasteiger partial charge < -0.3 is 10.1 Å². The molecule has 0 aromatic heterocycles. The largest absolute Gasteiger partial charge is 0.381 e. The van der Waals surface area contributed by atoms with Gasteiger partial charge >= 0.3 is 0 Å². The van der Waals surface area contributed by atoms with Crippen LogP contribution in [0.2, 0.25) is 0 Å². The highest BCUT2D eigenvalue weighted by Crippen LogP contribution is 2.29. The maximum atomic E-state index is 8.88. The molecule has 1 heterocycles. The Kier molecular flexibility index (Phi) is 4.23. The fourth-order valence-corrected chi connectivity index (χ4v) is 3.10. The molecule has 1 atom stereocenters. The van der Waals surface area contributed by atoms with E-state index in [-0.39, 0.29) is 6.10 Å². The first-order valence-electron chi connectivity index (χ1n) is 6.91. The van der Waals surface area contributed by atoms with Crippen LogP contribution in [0.1, 0.15) is 22.8 Å². The van der Waals surface area contributed by atoms with E-state index in [1.165, 1.54) is 11.1 Å². The van der Waals surface area contributed by atoms with E-state index in [1.807, 2.05) is 18.2 Å². The number of nitrogens with one attached hydrogen (secondary N) is 1. The Morgan fingerprint density at radius 2 is 2.14 bits per heavy atom. The molecule has 3 rings (SSSR count). The Morgan fingerprint density at radius 3 is 2.95 bits per heavy atom. The zero-order chi connectivity index (χ0) is 14.7. The van der Waals surface area contributed by atoms with Crippen molar-refractivity contribution in [2.24, 2.45) is 0 Å². The third kappa shape index (κ3) is 3.10. The van der Waals surface area contributed by atoms with Crippen molar-refractivity contribution in [3.63, 3.8) is 0 Å². The molecule has 0 spiro atoms. The summed E-state index contributed by atoms with van der Waals surface area (Å²) in [5.41, 5.74) is 4.25. The van der Waals surface area contributed by atoms with Gasteiger partial charge in [-0.15, -0.1) is 0 Å². The first-order chi connectivity index (χ1) is 10.3. The summed E-state index contributed by atoms with van der Waals surface area (Å²) in [6, 6.07) is 16.1. The van der Waals surface area contributed by atoms with Crippen molar-refractivity contribution in [3.8, 4) is 6.07 Å². The lowest BCUT2D eigenvalue weighted by atomic mass is 9.97. The molecule has 1 aliphatic heterocycles. The maximum absolute atomic E-state index is 8.88. The van der Waals surface area contributed by atoms with Crippen molar-refractivity contribution >= 4 is 21.6 Å². The first kappa shape index (κ1) is 14.1. The van der Waals surface area contributed by atoms with Crippen LogP contribution in [0.3, 0.4) is 0 Å². The van der Waals surface area contributed by atoms with Crippen molar-refractivity contribution in [1.82, 2.24) is 0 Å². The summed E-state index contributed by atoms with van der Waals surface area (Å²) in [4.78, 5) is 0. The van der Waals surface area contributed by atoms with Crippen LogP contribution >= 0.6 is 15.9 Å². The van der Waals surface area contributed by atoms with Gasteiger partial charge in [-0.2, -0.15) is 5.26 Å². The number of benzene rings is 2. The zero-order valence-corrected chi connectivity index (χ0v) is 13.1. The van der Waals surface area contributed by atoms with Gasteiger partial charge in [0.15, 0.2) is 0 Å². The van der Waals surface area contributed by atoms with Gasteiger partial charge in [0.2, 0.25) is 0 Å². The fourth-order valence-electron chi connectivity index (χ4n) is 2.58. The second-order valence-electron chi connectivity index (χ2n) is 5.00. The maximum Gasteiger partial charge on any atom is 0.0999 e. The van der Waals surface area contributed by atoms with Crippen LogP contribution in [0.5, 0.6) is 0 Å². The average Bonchev–Trinajstić information content (AvgIpc) is 2.53. The second kappa shape index (κ2) is 6.30. The Balaban J connectivity index is 1.73. The monoisotopic (exact) mass is 342 g/mol. The van der Waals surface area contributed by atoms with Gasteiger partial charge in [0.25, 0.3) is 0 Å². The molecule has 2 aromatic rings. The molecule has 0 bridgehead atoms. The highest BCUT2D eigenvalue weighted by Gasteiger charge is 2.20. The Labute approximate surface area is 132 Å². The lowest BCUT2D eigenvalue weighted by molar-refractivity contribution is 0.0513. The van der Waals surface area contributed by atoms with Crippen LogP contribution < -0.4 is 5.32 Å². The van der Waals surface area contributed by atoms with E-state index >= 15 is 0 Å². The minimum Gasteiger partial charge on any atom is -0.381 e. The molecule has 0 amide bonds. The van der Waals surface area contributed by atoms with Crippen molar-refractivity contribution in [3.05, 3.63) is 63.6 Å². The fraction of sp³-hybridized carbons (Fsp3) is 0.235. The zero-order valence-electron chi connectivity index (χ0n) is 11.5. The molecule has 2 aromatic carbocycles. The molecule has 21 heavy (non-hydrogen) atoms. The number of anilines is 1. The average molecular weight is 343 g/mol. The summed E-state index contributed by atoms with van der Waals surface area (Å²) < 4.78 is 6.77. The molecule has 0 radical (unpaired) electrons. The van der Waals surface area contributed by atoms with E-state index in [4.69, 9.17) is 10.00 Å². The number of hydrogen-bond acceptors (Lipinski definition) is 3. The number of nitriles is 1. The lowest BCUT2D eigenvalue weighted by Crippen LogP contribution is -2.22. The normalized spacial score (nSPS) is 16.9. The van der Waals surface area contributed by atoms with Crippen LogP contribution in [0.4, 0.5) is 5.69 Å². The summed E-state index contributed by atoms with van der Waals surface area (Å²) in [6.45, 7) is 1.47. The van der Waals surface area contributed by atoms with E-state index in [2.05, 4.69) is 51.6 Å². The summed E-state index contributed by atoms with van der Waals surface area (Å²) in [6.07, 6.45) is 1.05. The van der Waals surface area contributed by atoms with E-state index in [1.54, 1.807) is 0 Å². The van der Waals surface area contributed by atoms with Gasteiger partial charge in [-0.05, 0) is 51.7 Å². The highest BCUT2D eigenvalue weighted by molar-refractivity contribution is 9.10. The van der Waals surface area contributed by atoms with Crippen LogP contribution in [-0.2, 0) is 11.2 Å². The minimum atomic E-state index is 0.0671. The number of rotatable bonds is 3. The molecule has 0 saturated heterocycles. The summed E-state index contributed by atoms with van der Waals surface area (Å²) in [7, 11) is 0. The Morgan fingerprint density at radius 1 is 1.29 bits per heavy atom. The SMILES string of the molecule is N#Cc1ccc(NCC2OCCc3ccccc32)c(Br)c1. The van der Waals surface area contributed by atoms with Crippen molar-refractivity contribution in [1.29, 1.82) is 5.26 Å². The smallest absolute Gasteiger partial charge is 0.0999 e. The van der Waals surface area contributed by atoms with Crippen LogP contribution in [-0.4, -0.2) is 13.2 Å². The summed E-state index contributed by atoms with van der Waals surface area (Å²) in [5, 5.41) is 12.3. The summed E-state index contributed by atoms with van der Waals surface area (Å²) in [5.74, 6) is 0.